The molecule has 0 aliphatic carbocycles. The van der Waals surface area contributed by atoms with E-state index in [0.717, 1.165) is 0 Å². The van der Waals surface area contributed by atoms with Gasteiger partial charge in [-0.15, -0.1) is 0 Å². The Kier molecular flexibility index (Phi) is 5.25. The molecular weight excluding hydrogens is 176 g/mol. The zero-order valence-corrected chi connectivity index (χ0v) is 7.33. The number of ether oxygens (including phenoxy) is 1. The van der Waals surface area contributed by atoms with Crippen LogP contribution in [0.3, 0.4) is 0 Å². The van der Waals surface area contributed by atoms with Crippen molar-refractivity contribution < 1.29 is 19.1 Å². The average Bonchev–Trinajstić information content (AvgIpc) is 2.00. The summed E-state index contributed by atoms with van der Waals surface area (Å²) in [6.07, 6.45) is -0.144. The van der Waals surface area contributed by atoms with Crippen LogP contribution in [0.15, 0.2) is 0 Å². The van der Waals surface area contributed by atoms with Crippen molar-refractivity contribution in [1.82, 2.24) is 5.32 Å². The maximum Gasteiger partial charge on any atom is 0.318 e. The second-order valence-electron chi connectivity index (χ2n) is 2.22. The van der Waals surface area contributed by atoms with E-state index >= 15 is 0 Å². The van der Waals surface area contributed by atoms with Crippen molar-refractivity contribution in [1.29, 1.82) is 0 Å². The Morgan fingerprint density at radius 1 is 1.31 bits per heavy atom. The van der Waals surface area contributed by atoms with Crippen molar-refractivity contribution in [3.8, 4) is 0 Å². The number of primary amides is 1. The maximum absolute atomic E-state index is 10.7. The molecule has 3 amide bonds. The van der Waals surface area contributed by atoms with Crippen molar-refractivity contribution >= 4 is 17.9 Å². The number of hydrogen-bond donors (Lipinski definition) is 2. The highest BCUT2D eigenvalue weighted by Crippen LogP contribution is 1.92. The first-order valence-corrected chi connectivity index (χ1v) is 3.81. The largest absolute Gasteiger partial charge is 0.466 e. The van der Waals surface area contributed by atoms with Crippen LogP contribution in [0, 0.1) is 0 Å². The SMILES string of the molecule is CCOC(=O)CCC(=O)NC(N)=O. The number of urea groups is 1. The Morgan fingerprint density at radius 3 is 2.38 bits per heavy atom. The minimum Gasteiger partial charge on any atom is -0.466 e. The molecule has 0 bridgehead atoms. The zero-order valence-electron chi connectivity index (χ0n) is 7.33. The van der Waals surface area contributed by atoms with Gasteiger partial charge < -0.3 is 10.5 Å². The molecule has 0 spiro atoms. The van der Waals surface area contributed by atoms with Gasteiger partial charge in [0.15, 0.2) is 0 Å². The predicted molar refractivity (Wildman–Crippen MR) is 43.6 cm³/mol. The van der Waals surface area contributed by atoms with Crippen LogP contribution >= 0.6 is 0 Å². The molecule has 0 saturated heterocycles. The Labute approximate surface area is 75.4 Å². The average molecular weight is 188 g/mol. The van der Waals surface area contributed by atoms with Gasteiger partial charge in [-0.2, -0.15) is 0 Å². The number of hydrogen-bond acceptors (Lipinski definition) is 4. The predicted octanol–water partition coefficient (Wildman–Crippen LogP) is -0.475. The summed E-state index contributed by atoms with van der Waals surface area (Å²) in [6, 6.07) is -0.922. The Balaban J connectivity index is 3.58. The summed E-state index contributed by atoms with van der Waals surface area (Å²) in [4.78, 5) is 31.6. The monoisotopic (exact) mass is 188 g/mol. The normalized spacial score (nSPS) is 9.00. The van der Waals surface area contributed by atoms with Gasteiger partial charge in [-0.05, 0) is 6.92 Å². The third-order valence-electron chi connectivity index (χ3n) is 1.12. The second-order valence-corrected chi connectivity index (χ2v) is 2.22. The summed E-state index contributed by atoms with van der Waals surface area (Å²) >= 11 is 0. The number of imide groups is 1. The quantitative estimate of drug-likeness (QED) is 0.582. The number of amides is 3. The van der Waals surface area contributed by atoms with Crippen molar-refractivity contribution in [2.75, 3.05) is 6.61 Å². The van der Waals surface area contributed by atoms with Crippen molar-refractivity contribution in [3.05, 3.63) is 0 Å². The highest BCUT2D eigenvalue weighted by atomic mass is 16.5. The van der Waals surface area contributed by atoms with Crippen LogP contribution in [0.4, 0.5) is 4.79 Å². The number of nitrogens with two attached hydrogens (primary N) is 1. The molecular formula is C7H12N2O4. The topological polar surface area (TPSA) is 98.5 Å². The third kappa shape index (κ3) is 6.79. The molecule has 0 rings (SSSR count). The van der Waals surface area contributed by atoms with Crippen molar-refractivity contribution in [2.45, 2.75) is 19.8 Å². The molecule has 0 aromatic rings. The molecule has 0 saturated carbocycles. The fourth-order valence-electron chi connectivity index (χ4n) is 0.649. The van der Waals surface area contributed by atoms with Crippen molar-refractivity contribution in [3.63, 3.8) is 0 Å². The van der Waals surface area contributed by atoms with E-state index in [-0.39, 0.29) is 19.4 Å². The van der Waals surface area contributed by atoms with E-state index in [1.165, 1.54) is 0 Å². The lowest BCUT2D eigenvalue weighted by atomic mass is 10.3. The van der Waals surface area contributed by atoms with E-state index in [9.17, 15) is 14.4 Å². The molecule has 74 valence electrons. The molecule has 6 heteroatoms. The van der Waals surface area contributed by atoms with E-state index < -0.39 is 17.9 Å². The fourth-order valence-corrected chi connectivity index (χ4v) is 0.649. The van der Waals surface area contributed by atoms with Gasteiger partial charge in [0.05, 0.1) is 13.0 Å². The van der Waals surface area contributed by atoms with Crippen LogP contribution in [-0.4, -0.2) is 24.5 Å². The first kappa shape index (κ1) is 11.4. The van der Waals surface area contributed by atoms with Gasteiger partial charge in [-0.25, -0.2) is 4.79 Å². The van der Waals surface area contributed by atoms with Crippen LogP contribution in [0.1, 0.15) is 19.8 Å². The van der Waals surface area contributed by atoms with Gasteiger partial charge in [-0.1, -0.05) is 0 Å². The maximum atomic E-state index is 10.7. The molecule has 0 aromatic heterocycles. The van der Waals surface area contributed by atoms with Gasteiger partial charge in [0.2, 0.25) is 5.91 Å². The number of nitrogens with one attached hydrogen (secondary N) is 1. The molecule has 13 heavy (non-hydrogen) atoms. The molecule has 0 aliphatic rings. The first-order chi connectivity index (χ1) is 6.06. The number of rotatable bonds is 4. The molecule has 0 aliphatic heterocycles. The zero-order chi connectivity index (χ0) is 10.3. The lowest BCUT2D eigenvalue weighted by Gasteiger charge is -2.00. The molecule has 0 aromatic carbocycles. The van der Waals surface area contributed by atoms with Crippen LogP contribution in [0.2, 0.25) is 0 Å². The standard InChI is InChI=1S/C7H12N2O4/c1-2-13-6(11)4-3-5(10)9-7(8)12/h2-4H2,1H3,(H3,8,9,10,12). The Morgan fingerprint density at radius 2 is 1.92 bits per heavy atom. The molecule has 3 N–H and O–H groups in total. The molecule has 0 unspecified atom stereocenters. The number of carbonyl (C=O) groups is 3. The summed E-state index contributed by atoms with van der Waals surface area (Å²) in [5.74, 6) is -1.05. The highest BCUT2D eigenvalue weighted by Gasteiger charge is 2.08. The van der Waals surface area contributed by atoms with Gasteiger partial charge in [0, 0.05) is 6.42 Å². The van der Waals surface area contributed by atoms with E-state index in [2.05, 4.69) is 10.5 Å². The van der Waals surface area contributed by atoms with Crippen LogP contribution < -0.4 is 11.1 Å². The summed E-state index contributed by atoms with van der Waals surface area (Å²) in [7, 11) is 0. The fraction of sp³-hybridized carbons (Fsp3) is 0.571. The van der Waals surface area contributed by atoms with Crippen LogP contribution in [0.25, 0.3) is 0 Å². The Hall–Kier alpha value is -1.59. The molecule has 0 radical (unpaired) electrons. The Bertz CT molecular complexity index is 215. The summed E-state index contributed by atoms with van der Waals surface area (Å²) < 4.78 is 4.56. The van der Waals surface area contributed by atoms with E-state index in [0.29, 0.717) is 0 Å². The second kappa shape index (κ2) is 5.99. The summed E-state index contributed by atoms with van der Waals surface area (Å²) in [5, 5.41) is 1.83. The summed E-state index contributed by atoms with van der Waals surface area (Å²) in [6.45, 7) is 1.94. The van der Waals surface area contributed by atoms with Gasteiger partial charge >= 0.3 is 12.0 Å². The summed E-state index contributed by atoms with van der Waals surface area (Å²) in [5.41, 5.74) is 4.67. The first-order valence-electron chi connectivity index (χ1n) is 3.81. The van der Waals surface area contributed by atoms with E-state index in [1.807, 2.05) is 5.32 Å². The molecule has 0 fully saturated rings. The van der Waals surface area contributed by atoms with Gasteiger partial charge in [0.25, 0.3) is 0 Å². The number of carbonyl (C=O) groups excluding carboxylic acids is 3. The minimum absolute atomic E-state index is 0.0487. The highest BCUT2D eigenvalue weighted by molar-refractivity contribution is 5.94. The lowest BCUT2D eigenvalue weighted by Crippen LogP contribution is -2.35. The van der Waals surface area contributed by atoms with E-state index in [1.54, 1.807) is 6.92 Å². The minimum atomic E-state index is -0.922. The van der Waals surface area contributed by atoms with Gasteiger partial charge in [0.1, 0.15) is 0 Å². The van der Waals surface area contributed by atoms with Crippen molar-refractivity contribution in [2.24, 2.45) is 5.73 Å². The van der Waals surface area contributed by atoms with Crippen LogP contribution in [0.5, 0.6) is 0 Å². The smallest absolute Gasteiger partial charge is 0.318 e. The number of esters is 1. The van der Waals surface area contributed by atoms with Gasteiger partial charge in [-0.3, -0.25) is 14.9 Å². The molecule has 0 atom stereocenters. The van der Waals surface area contributed by atoms with Crippen LogP contribution in [-0.2, 0) is 14.3 Å². The molecule has 6 nitrogen and oxygen atoms in total. The lowest BCUT2D eigenvalue weighted by molar-refractivity contribution is -0.144. The van der Waals surface area contributed by atoms with E-state index in [4.69, 9.17) is 0 Å². The molecule has 0 heterocycles. The third-order valence-corrected chi connectivity index (χ3v) is 1.12.